The minimum absolute atomic E-state index is 0.0396. The number of thiocarbonyl (C=S) groups is 1. The highest BCUT2D eigenvalue weighted by molar-refractivity contribution is 7.98. The second-order valence-corrected chi connectivity index (χ2v) is 21.6. The highest BCUT2D eigenvalue weighted by Gasteiger charge is 2.55. The van der Waals surface area contributed by atoms with Gasteiger partial charge in [-0.1, -0.05) is 32.9 Å². The van der Waals surface area contributed by atoms with Gasteiger partial charge in [-0.2, -0.15) is 11.8 Å². The lowest BCUT2D eigenvalue weighted by atomic mass is 9.57. The zero-order valence-corrected chi connectivity index (χ0v) is 47.8. The minimum Gasteiger partial charge on any atom is -0.480 e. The number of rotatable bonds is 35. The summed E-state index contributed by atoms with van der Waals surface area (Å²) in [4.78, 5) is 135. The third-order valence-corrected chi connectivity index (χ3v) is 14.9. The van der Waals surface area contributed by atoms with Gasteiger partial charge in [0.05, 0.1) is 32.7 Å². The van der Waals surface area contributed by atoms with Crippen LogP contribution in [0.15, 0.2) is 36.4 Å². The fourth-order valence-corrected chi connectivity index (χ4v) is 9.77. The van der Waals surface area contributed by atoms with Crippen LogP contribution in [-0.4, -0.2) is 240 Å². The molecule has 5 amide bonds. The fraction of sp³-hybridized carbons (Fsp3) is 0.635. The van der Waals surface area contributed by atoms with E-state index in [0.29, 0.717) is 82.1 Å². The van der Waals surface area contributed by atoms with Gasteiger partial charge in [0.2, 0.25) is 17.7 Å². The van der Waals surface area contributed by atoms with Crippen molar-refractivity contribution >= 4 is 94.2 Å². The molecule has 1 aromatic carbocycles. The Morgan fingerprint density at radius 3 is 1.90 bits per heavy atom. The van der Waals surface area contributed by atoms with Crippen LogP contribution in [0.25, 0.3) is 0 Å². The smallest absolute Gasteiger partial charge is 0.412 e. The van der Waals surface area contributed by atoms with Gasteiger partial charge in [-0.15, -0.1) is 0 Å². The molecule has 4 rings (SSSR count). The Bertz CT molecular complexity index is 2310. The minimum atomic E-state index is -1.92. The molecule has 2 aliphatic heterocycles. The van der Waals surface area contributed by atoms with E-state index in [1.54, 1.807) is 40.7 Å². The average molecular weight is 1150 g/mol. The molecule has 1 spiro atoms. The number of unbranched alkanes of at least 4 members (excludes halogenated alkanes) is 1. The van der Waals surface area contributed by atoms with Crippen LogP contribution < -0.4 is 21.3 Å². The number of carbonyl (C=O) groups excluding carboxylic acids is 8. The number of benzene rings is 1. The lowest BCUT2D eigenvalue weighted by Gasteiger charge is -2.59. The fourth-order valence-electron chi connectivity index (χ4n) is 9.05. The molecule has 25 nitrogen and oxygen atoms in total. The van der Waals surface area contributed by atoms with Crippen LogP contribution in [0.3, 0.4) is 0 Å². The number of nitrogens with zero attached hydrogens (tertiary/aromatic N) is 6. The first kappa shape index (κ1) is 65.3. The van der Waals surface area contributed by atoms with E-state index in [-0.39, 0.29) is 62.9 Å². The number of aliphatic carboxylic acids is 2. The number of amides is 5. The summed E-state index contributed by atoms with van der Waals surface area (Å²) in [7, 11) is 5.07. The standard InChI is InChI=1S/C52H78N10O15S2/c1-8-57(4)29-44(68)75-51(76-45(69)30-58(5)9-2)77-46(70)31-59(6)37(27-60(10-3)28-43(66)67)23-34-14-16-36(17-15-34)54-50(78)61-32-52(33-61)24-35(25-52)47(71)56-38(20-22-79-7)48(72)53-26-40(63)55-39(49(73)74)13-11-12-21-62-41(64)18-19-42(62)65/h14-19,35,37-39,51H,8-13,20-33H2,1-7H3,(H,53,72)(H,54,78)(H,55,63)(H,56,71)(H,66,67)(H,73,74)/t37?,38-,39-/m0/s1. The second kappa shape index (κ2) is 32.1. The number of esters is 3. The van der Waals surface area contributed by atoms with Crippen LogP contribution >= 0.6 is 24.0 Å². The van der Waals surface area contributed by atoms with Crippen molar-refractivity contribution in [3.63, 3.8) is 0 Å². The number of ether oxygens (including phenoxy) is 3. The van der Waals surface area contributed by atoms with Crippen molar-refractivity contribution in [2.45, 2.75) is 90.3 Å². The summed E-state index contributed by atoms with van der Waals surface area (Å²) in [6.45, 7) is 5.37. The zero-order valence-electron chi connectivity index (χ0n) is 46.2. The summed E-state index contributed by atoms with van der Waals surface area (Å²) in [6, 6.07) is 4.92. The molecule has 79 heavy (non-hydrogen) atoms. The molecule has 1 saturated carbocycles. The third-order valence-electron chi connectivity index (χ3n) is 13.9. The number of likely N-dealkylation sites (tertiary alicyclic amines) is 1. The average Bonchev–Trinajstić information content (AvgIpc) is 3.88. The topological polar surface area (TPSA) is 306 Å². The first-order chi connectivity index (χ1) is 37.5. The lowest BCUT2D eigenvalue weighted by Crippen LogP contribution is -2.66. The Kier molecular flexibility index (Phi) is 26.5. The van der Waals surface area contributed by atoms with Gasteiger partial charge in [0.15, 0.2) is 5.11 Å². The SMILES string of the molecule is CCN(C)CC(=O)OC(OC(=O)CN(C)CC)OC(=O)CN(C)C(Cc1ccc(NC(=S)N2CC3(CC(C(=O)N[C@@H](CCSC)C(=O)NCC(=O)N[C@@H](CCCCN4C(=O)C=CC4=O)C(=O)O)C3)C2)cc1)CN(CC)CC(=O)O. The van der Waals surface area contributed by atoms with Crippen LogP contribution in [0.4, 0.5) is 5.69 Å². The van der Waals surface area contributed by atoms with E-state index in [2.05, 4.69) is 21.3 Å². The maximum absolute atomic E-state index is 13.4. The number of carboxylic acids is 2. The quantitative estimate of drug-likeness (QED) is 0.0174. The van der Waals surface area contributed by atoms with Gasteiger partial charge in [0.25, 0.3) is 11.8 Å². The number of imide groups is 1. The molecule has 6 N–H and O–H groups in total. The van der Waals surface area contributed by atoms with E-state index < -0.39 is 84.6 Å². The Hall–Kier alpha value is -6.26. The van der Waals surface area contributed by atoms with Crippen LogP contribution in [0, 0.1) is 11.3 Å². The van der Waals surface area contributed by atoms with Gasteiger partial charge in [-0.3, -0.25) is 67.7 Å². The molecular formula is C52H78N10O15S2. The summed E-state index contributed by atoms with van der Waals surface area (Å²) in [6.07, 6.45) is 6.76. The molecule has 438 valence electrons. The highest BCUT2D eigenvalue weighted by Crippen LogP contribution is 2.52. The predicted molar refractivity (Wildman–Crippen MR) is 295 cm³/mol. The van der Waals surface area contributed by atoms with E-state index in [9.17, 15) is 58.2 Å². The van der Waals surface area contributed by atoms with E-state index in [1.165, 1.54) is 23.9 Å². The van der Waals surface area contributed by atoms with E-state index >= 15 is 0 Å². The van der Waals surface area contributed by atoms with Crippen LogP contribution in [0.1, 0.15) is 64.9 Å². The van der Waals surface area contributed by atoms with Gasteiger partial charge < -0.3 is 50.6 Å². The predicted octanol–water partition coefficient (Wildman–Crippen LogP) is 0.180. The highest BCUT2D eigenvalue weighted by atomic mass is 32.2. The molecule has 1 unspecified atom stereocenters. The van der Waals surface area contributed by atoms with E-state index in [1.807, 2.05) is 56.2 Å². The molecule has 1 saturated heterocycles. The molecule has 2 fully saturated rings. The molecular weight excluding hydrogens is 1070 g/mol. The number of hydrogen-bond acceptors (Lipinski definition) is 19. The summed E-state index contributed by atoms with van der Waals surface area (Å²) in [5.74, 6) is -6.89. The Morgan fingerprint density at radius 1 is 0.785 bits per heavy atom. The van der Waals surface area contributed by atoms with E-state index in [4.69, 9.17) is 26.4 Å². The summed E-state index contributed by atoms with van der Waals surface area (Å²) >= 11 is 7.25. The summed E-state index contributed by atoms with van der Waals surface area (Å²) < 4.78 is 15.9. The Labute approximate surface area is 470 Å². The molecule has 0 bridgehead atoms. The normalized spacial score (nSPS) is 15.9. The molecule has 2 heterocycles. The Morgan fingerprint density at radius 2 is 1.37 bits per heavy atom. The van der Waals surface area contributed by atoms with Gasteiger partial charge >= 0.3 is 36.3 Å². The van der Waals surface area contributed by atoms with Gasteiger partial charge in [0, 0.05) is 61.4 Å². The van der Waals surface area contributed by atoms with Crippen molar-refractivity contribution in [1.29, 1.82) is 0 Å². The number of likely N-dealkylation sites (N-methyl/N-ethyl adjacent to an activating group) is 4. The molecule has 3 atom stereocenters. The second-order valence-electron chi connectivity index (χ2n) is 20.2. The summed E-state index contributed by atoms with van der Waals surface area (Å²) in [5, 5.41) is 30.8. The number of carbonyl (C=O) groups is 10. The monoisotopic (exact) mass is 1150 g/mol. The van der Waals surface area contributed by atoms with Crippen molar-refractivity contribution in [2.24, 2.45) is 11.3 Å². The maximum Gasteiger partial charge on any atom is 0.412 e. The van der Waals surface area contributed by atoms with Gasteiger partial charge in [-0.25, -0.2) is 4.79 Å². The third kappa shape index (κ3) is 21.7. The lowest BCUT2D eigenvalue weighted by molar-refractivity contribution is -0.258. The van der Waals surface area contributed by atoms with Crippen LogP contribution in [0.2, 0.25) is 0 Å². The van der Waals surface area contributed by atoms with Gasteiger partial charge in [0.1, 0.15) is 12.1 Å². The molecule has 27 heteroatoms. The largest absolute Gasteiger partial charge is 0.480 e. The summed E-state index contributed by atoms with van der Waals surface area (Å²) in [5.41, 5.74) is 1.46. The maximum atomic E-state index is 13.4. The molecule has 1 aromatic rings. The molecule has 0 radical (unpaired) electrons. The number of hydrogen-bond donors (Lipinski definition) is 6. The molecule has 1 aliphatic carbocycles. The first-order valence-electron chi connectivity index (χ1n) is 26.3. The first-order valence-corrected chi connectivity index (χ1v) is 28.1. The molecule has 0 aromatic heterocycles. The Balaban J connectivity index is 1.26. The van der Waals surface area contributed by atoms with Gasteiger partial charge in [-0.05, 0) is 128 Å². The van der Waals surface area contributed by atoms with Crippen LogP contribution in [0.5, 0.6) is 0 Å². The van der Waals surface area contributed by atoms with Crippen molar-refractivity contribution in [2.75, 3.05) is 117 Å². The number of thioether (sulfide) groups is 1. The van der Waals surface area contributed by atoms with E-state index in [0.717, 1.165) is 16.2 Å². The number of carboxylic acid groups (broad SMARTS) is 2. The van der Waals surface area contributed by atoms with Crippen molar-refractivity contribution < 1.29 is 72.4 Å². The van der Waals surface area contributed by atoms with Crippen molar-refractivity contribution in [1.82, 2.24) is 45.3 Å². The van der Waals surface area contributed by atoms with Crippen molar-refractivity contribution in [3.05, 3.63) is 42.0 Å². The molecule has 3 aliphatic rings. The number of anilines is 1. The number of nitrogens with one attached hydrogen (secondary N) is 4. The van der Waals surface area contributed by atoms with Crippen LogP contribution in [-0.2, 0) is 68.6 Å². The zero-order chi connectivity index (χ0) is 58.4. The van der Waals surface area contributed by atoms with Crippen molar-refractivity contribution in [3.8, 4) is 0 Å².